The highest BCUT2D eigenvalue weighted by Gasteiger charge is 2.43. The fourth-order valence-corrected chi connectivity index (χ4v) is 6.83. The molecule has 10 heteroatoms. The number of rotatable bonds is 9. The first-order valence-electron chi connectivity index (χ1n) is 12.0. The van der Waals surface area contributed by atoms with Crippen LogP contribution >= 0.6 is 0 Å². The van der Waals surface area contributed by atoms with Crippen molar-refractivity contribution in [1.29, 1.82) is 5.41 Å². The largest absolute Gasteiger partial charge is 0.494 e. The Kier molecular flexibility index (Phi) is 7.89. The zero-order valence-electron chi connectivity index (χ0n) is 21.1. The van der Waals surface area contributed by atoms with E-state index in [1.54, 1.807) is 49.4 Å². The van der Waals surface area contributed by atoms with Crippen LogP contribution < -0.4 is 5.73 Å². The Morgan fingerprint density at radius 3 is 2.39 bits per heavy atom. The third-order valence-corrected chi connectivity index (χ3v) is 9.74. The van der Waals surface area contributed by atoms with E-state index >= 15 is 0 Å². The highest BCUT2D eigenvalue weighted by Crippen LogP contribution is 2.36. The van der Waals surface area contributed by atoms with Crippen molar-refractivity contribution < 1.29 is 25.8 Å². The van der Waals surface area contributed by atoms with Gasteiger partial charge in [-0.1, -0.05) is 60.2 Å². The topological polar surface area (TPSA) is 137 Å². The van der Waals surface area contributed by atoms with Crippen LogP contribution in [0.2, 0.25) is 0 Å². The SMILES string of the molecule is Cc1ccc(S(=O)(=O)OCCCOC2=CC(C)(C(=N)S(=O)(=O)c3cccc4ccccc34)C(N)C=C2)cc1. The molecule has 8 nitrogen and oxygen atoms in total. The van der Waals surface area contributed by atoms with E-state index in [9.17, 15) is 16.8 Å². The summed E-state index contributed by atoms with van der Waals surface area (Å²) < 4.78 is 62.6. The van der Waals surface area contributed by atoms with E-state index in [2.05, 4.69) is 0 Å². The van der Waals surface area contributed by atoms with E-state index in [-0.39, 0.29) is 29.4 Å². The van der Waals surface area contributed by atoms with Gasteiger partial charge in [0.15, 0.2) is 0 Å². The Morgan fingerprint density at radius 2 is 1.66 bits per heavy atom. The van der Waals surface area contributed by atoms with Crippen molar-refractivity contribution in [3.8, 4) is 0 Å². The van der Waals surface area contributed by atoms with Crippen molar-refractivity contribution in [1.82, 2.24) is 0 Å². The first-order chi connectivity index (χ1) is 17.9. The number of sulfone groups is 1. The minimum atomic E-state index is -4.17. The molecule has 200 valence electrons. The molecule has 0 bridgehead atoms. The average molecular weight is 555 g/mol. The molecular weight excluding hydrogens is 524 g/mol. The summed E-state index contributed by atoms with van der Waals surface area (Å²) in [6, 6.07) is 17.7. The standard InChI is InChI=1S/C28H30N2O6S2/c1-20-11-14-23(15-12-20)38(33,34)36-18-6-17-35-22-13-16-26(29)28(2,19-22)27(30)37(31,32)25-10-5-8-21-7-3-4-9-24(21)25/h3-5,7-16,19,26,30H,6,17-18,29H2,1-2H3. The van der Waals surface area contributed by atoms with Gasteiger partial charge in [-0.25, -0.2) is 8.42 Å². The Labute approximate surface area is 223 Å². The number of allylic oxidation sites excluding steroid dienone is 1. The quantitative estimate of drug-likeness (QED) is 0.172. The number of nitrogens with one attached hydrogen (secondary N) is 1. The molecule has 1 aliphatic carbocycles. The van der Waals surface area contributed by atoms with Crippen molar-refractivity contribution in [2.24, 2.45) is 11.1 Å². The van der Waals surface area contributed by atoms with Crippen molar-refractivity contribution in [3.05, 3.63) is 96.3 Å². The lowest BCUT2D eigenvalue weighted by atomic mass is 9.80. The Balaban J connectivity index is 1.44. The molecule has 3 N–H and O–H groups in total. The Bertz CT molecular complexity index is 1620. The van der Waals surface area contributed by atoms with Gasteiger partial charge in [0.05, 0.1) is 28.4 Å². The van der Waals surface area contributed by atoms with Gasteiger partial charge < -0.3 is 10.5 Å². The summed E-state index contributed by atoms with van der Waals surface area (Å²) in [5.74, 6) is 0.341. The molecule has 0 saturated carbocycles. The lowest BCUT2D eigenvalue weighted by Crippen LogP contribution is -2.47. The molecule has 0 aliphatic heterocycles. The molecule has 0 fully saturated rings. The number of nitrogens with two attached hydrogens (primary N) is 1. The summed E-state index contributed by atoms with van der Waals surface area (Å²) in [5, 5.41) is 9.49. The number of hydrogen-bond donors (Lipinski definition) is 2. The summed E-state index contributed by atoms with van der Waals surface area (Å²) in [6.45, 7) is 3.48. The van der Waals surface area contributed by atoms with Gasteiger partial charge in [0.2, 0.25) is 9.84 Å². The van der Waals surface area contributed by atoms with Gasteiger partial charge in [-0.3, -0.25) is 9.59 Å². The van der Waals surface area contributed by atoms with Gasteiger partial charge in [-0.15, -0.1) is 0 Å². The molecule has 0 spiro atoms. The summed E-state index contributed by atoms with van der Waals surface area (Å²) in [4.78, 5) is 0.129. The maximum atomic E-state index is 13.6. The van der Waals surface area contributed by atoms with E-state index in [0.29, 0.717) is 11.1 Å². The van der Waals surface area contributed by atoms with Crippen LogP contribution in [0.15, 0.2) is 101 Å². The van der Waals surface area contributed by atoms with Gasteiger partial charge >= 0.3 is 0 Å². The number of ether oxygens (including phenoxy) is 1. The minimum Gasteiger partial charge on any atom is -0.494 e. The first kappa shape index (κ1) is 27.7. The summed E-state index contributed by atoms with van der Waals surface area (Å²) >= 11 is 0. The molecule has 2 atom stereocenters. The van der Waals surface area contributed by atoms with Gasteiger partial charge in [-0.2, -0.15) is 8.42 Å². The van der Waals surface area contributed by atoms with Crippen LogP contribution in [0.3, 0.4) is 0 Å². The average Bonchev–Trinajstić information content (AvgIpc) is 2.90. The van der Waals surface area contributed by atoms with Crippen molar-refractivity contribution in [3.63, 3.8) is 0 Å². The minimum absolute atomic E-state index is 0.0476. The predicted octanol–water partition coefficient (Wildman–Crippen LogP) is 4.50. The van der Waals surface area contributed by atoms with E-state index in [1.807, 2.05) is 25.1 Å². The molecule has 38 heavy (non-hydrogen) atoms. The zero-order chi connectivity index (χ0) is 27.6. The molecule has 0 heterocycles. The second-order valence-corrected chi connectivity index (χ2v) is 12.8. The molecule has 0 radical (unpaired) electrons. The first-order valence-corrected chi connectivity index (χ1v) is 14.9. The van der Waals surface area contributed by atoms with E-state index in [0.717, 1.165) is 10.9 Å². The van der Waals surface area contributed by atoms with Crippen LogP contribution in [0, 0.1) is 17.7 Å². The van der Waals surface area contributed by atoms with Crippen molar-refractivity contribution in [2.45, 2.75) is 36.1 Å². The second-order valence-electron chi connectivity index (χ2n) is 9.32. The highest BCUT2D eigenvalue weighted by atomic mass is 32.2. The van der Waals surface area contributed by atoms with Gasteiger partial charge in [0.1, 0.15) is 10.8 Å². The van der Waals surface area contributed by atoms with E-state index in [1.165, 1.54) is 24.3 Å². The van der Waals surface area contributed by atoms with Crippen LogP contribution in [0.25, 0.3) is 10.8 Å². The molecule has 4 rings (SSSR count). The normalized spacial score (nSPS) is 19.8. The third-order valence-electron chi connectivity index (χ3n) is 6.51. The highest BCUT2D eigenvalue weighted by molar-refractivity contribution is 8.06. The molecule has 1 aliphatic rings. The third kappa shape index (κ3) is 5.58. The number of benzene rings is 3. The number of hydrogen-bond acceptors (Lipinski definition) is 8. The molecular formula is C28H30N2O6S2. The maximum absolute atomic E-state index is 13.6. The molecule has 3 aromatic rings. The fraction of sp³-hybridized carbons (Fsp3) is 0.250. The molecule has 0 aromatic heterocycles. The molecule has 2 unspecified atom stereocenters. The van der Waals surface area contributed by atoms with Crippen molar-refractivity contribution in [2.75, 3.05) is 13.2 Å². The van der Waals surface area contributed by atoms with Crippen LogP contribution in [0.5, 0.6) is 0 Å². The summed E-state index contributed by atoms with van der Waals surface area (Å²) in [5.41, 5.74) is 5.86. The fourth-order valence-electron chi connectivity index (χ4n) is 4.17. The van der Waals surface area contributed by atoms with Crippen LogP contribution in [0.1, 0.15) is 18.9 Å². The molecule has 0 saturated heterocycles. The second kappa shape index (κ2) is 10.8. The maximum Gasteiger partial charge on any atom is 0.296 e. The van der Waals surface area contributed by atoms with Gasteiger partial charge in [-0.05, 0) is 49.6 Å². The molecule has 3 aromatic carbocycles. The van der Waals surface area contributed by atoms with Crippen LogP contribution in [0.4, 0.5) is 0 Å². The predicted molar refractivity (Wildman–Crippen MR) is 147 cm³/mol. The summed E-state index contributed by atoms with van der Waals surface area (Å²) in [6.07, 6.45) is 5.02. The number of fused-ring (bicyclic) bond motifs is 1. The Hall–Kier alpha value is -3.31. The van der Waals surface area contributed by atoms with Gasteiger partial charge in [0, 0.05) is 17.8 Å². The van der Waals surface area contributed by atoms with Crippen molar-refractivity contribution >= 4 is 35.8 Å². The van der Waals surface area contributed by atoms with Gasteiger partial charge in [0.25, 0.3) is 10.1 Å². The lowest BCUT2D eigenvalue weighted by molar-refractivity contribution is 0.189. The monoisotopic (exact) mass is 554 g/mol. The van der Waals surface area contributed by atoms with E-state index in [4.69, 9.17) is 20.1 Å². The Morgan fingerprint density at radius 1 is 0.974 bits per heavy atom. The van der Waals surface area contributed by atoms with Crippen LogP contribution in [-0.4, -0.2) is 41.1 Å². The lowest BCUT2D eigenvalue weighted by Gasteiger charge is -2.34. The smallest absolute Gasteiger partial charge is 0.296 e. The zero-order valence-corrected chi connectivity index (χ0v) is 22.8. The van der Waals surface area contributed by atoms with E-state index < -0.39 is 36.5 Å². The van der Waals surface area contributed by atoms with Crippen LogP contribution in [-0.2, 0) is 28.9 Å². The summed E-state index contributed by atoms with van der Waals surface area (Å²) in [7, 11) is -8.05. The molecule has 0 amide bonds. The number of aryl methyl sites for hydroxylation is 1.